The van der Waals surface area contributed by atoms with Crippen molar-refractivity contribution in [1.82, 2.24) is 0 Å². The van der Waals surface area contributed by atoms with Gasteiger partial charge < -0.3 is 9.84 Å². The zero-order chi connectivity index (χ0) is 26.1. The molecule has 186 valence electrons. The second kappa shape index (κ2) is 12.0. The van der Waals surface area contributed by atoms with Crippen LogP contribution in [0.5, 0.6) is 5.75 Å². The summed E-state index contributed by atoms with van der Waals surface area (Å²) in [5.41, 5.74) is 5.51. The van der Waals surface area contributed by atoms with Crippen LogP contribution in [0.25, 0.3) is 17.2 Å². The minimum atomic E-state index is -4.42. The standard InChI is InChI=1S/C29H25F3O4/c1-2-25(21-6-4-3-5-7-21)28(22-11-8-20(9-12-22)10-17-26(33)34)23-13-15-24(16-14-23)36-27(35)18-19-29(30,31)32/h3-17H,2,18-19H2,1H3,(H,33,34)/b17-10+,28-25+. The number of rotatable bonds is 9. The maximum Gasteiger partial charge on any atom is 0.389 e. The Hall–Kier alpha value is -4.13. The monoisotopic (exact) mass is 494 g/mol. The summed E-state index contributed by atoms with van der Waals surface area (Å²) < 4.78 is 42.2. The Morgan fingerprint density at radius 3 is 1.97 bits per heavy atom. The molecule has 1 N–H and O–H groups in total. The Morgan fingerprint density at radius 1 is 0.861 bits per heavy atom. The zero-order valence-corrected chi connectivity index (χ0v) is 19.6. The summed E-state index contributed by atoms with van der Waals surface area (Å²) in [6, 6.07) is 24.0. The molecule has 0 fully saturated rings. The van der Waals surface area contributed by atoms with Gasteiger partial charge in [-0.1, -0.05) is 73.7 Å². The number of esters is 1. The molecule has 3 aromatic carbocycles. The number of carboxylic acids is 1. The zero-order valence-electron chi connectivity index (χ0n) is 19.6. The molecule has 0 aliphatic carbocycles. The van der Waals surface area contributed by atoms with E-state index in [4.69, 9.17) is 9.84 Å². The Morgan fingerprint density at radius 2 is 1.44 bits per heavy atom. The molecule has 0 heterocycles. The molecule has 7 heteroatoms. The van der Waals surface area contributed by atoms with Gasteiger partial charge >= 0.3 is 18.1 Å². The highest BCUT2D eigenvalue weighted by molar-refractivity contribution is 5.98. The molecule has 3 aromatic rings. The van der Waals surface area contributed by atoms with E-state index in [1.165, 1.54) is 6.08 Å². The highest BCUT2D eigenvalue weighted by Crippen LogP contribution is 2.35. The van der Waals surface area contributed by atoms with E-state index >= 15 is 0 Å². The molecular weight excluding hydrogens is 469 g/mol. The lowest BCUT2D eigenvalue weighted by atomic mass is 9.88. The number of allylic oxidation sites excluding steroid dienone is 1. The van der Waals surface area contributed by atoms with E-state index in [9.17, 15) is 22.8 Å². The third-order valence-electron chi connectivity index (χ3n) is 5.38. The minimum Gasteiger partial charge on any atom is -0.478 e. The summed E-state index contributed by atoms with van der Waals surface area (Å²) in [4.78, 5) is 22.6. The lowest BCUT2D eigenvalue weighted by molar-refractivity contribution is -0.151. The molecule has 0 unspecified atom stereocenters. The van der Waals surface area contributed by atoms with E-state index in [2.05, 4.69) is 0 Å². The smallest absolute Gasteiger partial charge is 0.389 e. The molecule has 0 atom stereocenters. The van der Waals surface area contributed by atoms with Crippen molar-refractivity contribution in [3.63, 3.8) is 0 Å². The number of halogens is 3. The first-order valence-corrected chi connectivity index (χ1v) is 11.3. The van der Waals surface area contributed by atoms with Gasteiger partial charge in [-0.2, -0.15) is 13.2 Å². The van der Waals surface area contributed by atoms with Crippen LogP contribution in [0.3, 0.4) is 0 Å². The number of carbonyl (C=O) groups excluding carboxylic acids is 1. The molecule has 0 aromatic heterocycles. The van der Waals surface area contributed by atoms with E-state index < -0.39 is 31.0 Å². The molecule has 0 radical (unpaired) electrons. The van der Waals surface area contributed by atoms with Gasteiger partial charge in [-0.3, -0.25) is 4.79 Å². The first-order chi connectivity index (χ1) is 17.2. The topological polar surface area (TPSA) is 63.6 Å². The Balaban J connectivity index is 1.97. The van der Waals surface area contributed by atoms with Gasteiger partial charge in [-0.05, 0) is 58.0 Å². The lowest BCUT2D eigenvalue weighted by Gasteiger charge is -2.17. The molecule has 0 saturated carbocycles. The van der Waals surface area contributed by atoms with Crippen LogP contribution in [-0.2, 0) is 9.59 Å². The van der Waals surface area contributed by atoms with Crippen LogP contribution in [0.4, 0.5) is 13.2 Å². The van der Waals surface area contributed by atoms with E-state index in [-0.39, 0.29) is 5.75 Å². The van der Waals surface area contributed by atoms with Crippen molar-refractivity contribution in [2.45, 2.75) is 32.4 Å². The molecule has 0 amide bonds. The Bertz CT molecular complexity index is 1240. The molecule has 0 aliphatic heterocycles. The number of carbonyl (C=O) groups is 2. The number of ether oxygens (including phenoxy) is 1. The molecule has 4 nitrogen and oxygen atoms in total. The number of hydrogen-bond acceptors (Lipinski definition) is 3. The predicted octanol–water partition coefficient (Wildman–Crippen LogP) is 7.40. The predicted molar refractivity (Wildman–Crippen MR) is 133 cm³/mol. The fourth-order valence-electron chi connectivity index (χ4n) is 3.72. The number of benzene rings is 3. The summed E-state index contributed by atoms with van der Waals surface area (Å²) in [5, 5.41) is 8.86. The van der Waals surface area contributed by atoms with Crippen LogP contribution in [0.15, 0.2) is 84.9 Å². The Labute approximate surface area is 207 Å². The van der Waals surface area contributed by atoms with Gasteiger partial charge in [0.15, 0.2) is 0 Å². The van der Waals surface area contributed by atoms with Crippen molar-refractivity contribution < 1.29 is 32.6 Å². The molecule has 0 spiro atoms. The quantitative estimate of drug-likeness (QED) is 0.146. The van der Waals surface area contributed by atoms with Crippen molar-refractivity contribution in [1.29, 1.82) is 0 Å². The van der Waals surface area contributed by atoms with Gasteiger partial charge in [-0.25, -0.2) is 4.79 Å². The van der Waals surface area contributed by atoms with Gasteiger partial charge in [0.05, 0.1) is 12.8 Å². The molecule has 0 aliphatic rings. The SMILES string of the molecule is CC/C(=C(/c1ccc(/C=C/C(=O)O)cc1)c1ccc(OC(=O)CCC(F)(F)F)cc1)c1ccccc1. The first-order valence-electron chi connectivity index (χ1n) is 11.3. The van der Waals surface area contributed by atoms with E-state index in [1.807, 2.05) is 61.5 Å². The van der Waals surface area contributed by atoms with Gasteiger partial charge in [0, 0.05) is 6.08 Å². The van der Waals surface area contributed by atoms with E-state index in [0.29, 0.717) is 6.42 Å². The molecule has 36 heavy (non-hydrogen) atoms. The van der Waals surface area contributed by atoms with Crippen LogP contribution in [0.2, 0.25) is 0 Å². The molecule has 3 rings (SSSR count). The Kier molecular flexibility index (Phi) is 8.84. The number of aliphatic carboxylic acids is 1. The lowest BCUT2D eigenvalue weighted by Crippen LogP contribution is -2.14. The van der Waals surface area contributed by atoms with Crippen molar-refractivity contribution in [3.05, 3.63) is 107 Å². The van der Waals surface area contributed by atoms with Crippen molar-refractivity contribution in [2.75, 3.05) is 0 Å². The van der Waals surface area contributed by atoms with E-state index in [0.717, 1.165) is 39.5 Å². The normalized spacial score (nSPS) is 12.3. The summed E-state index contributed by atoms with van der Waals surface area (Å²) in [7, 11) is 0. The van der Waals surface area contributed by atoms with Crippen LogP contribution >= 0.6 is 0 Å². The van der Waals surface area contributed by atoms with Crippen molar-refractivity contribution in [3.8, 4) is 5.75 Å². The van der Waals surface area contributed by atoms with Crippen LogP contribution in [0, 0.1) is 0 Å². The fourth-order valence-corrected chi connectivity index (χ4v) is 3.72. The maximum atomic E-state index is 12.4. The van der Waals surface area contributed by atoms with Crippen LogP contribution < -0.4 is 4.74 Å². The first kappa shape index (κ1) is 26.5. The van der Waals surface area contributed by atoms with Crippen LogP contribution in [-0.4, -0.2) is 23.2 Å². The highest BCUT2D eigenvalue weighted by atomic mass is 19.4. The number of hydrogen-bond donors (Lipinski definition) is 1. The van der Waals surface area contributed by atoms with Crippen molar-refractivity contribution >= 4 is 29.2 Å². The van der Waals surface area contributed by atoms with Gasteiger partial charge in [0.25, 0.3) is 0 Å². The average Bonchev–Trinajstić information content (AvgIpc) is 2.86. The van der Waals surface area contributed by atoms with Gasteiger partial charge in [0.1, 0.15) is 5.75 Å². The molecule has 0 saturated heterocycles. The molecular formula is C29H25F3O4. The van der Waals surface area contributed by atoms with Gasteiger partial charge in [-0.15, -0.1) is 0 Å². The second-order valence-corrected chi connectivity index (χ2v) is 7.98. The largest absolute Gasteiger partial charge is 0.478 e. The second-order valence-electron chi connectivity index (χ2n) is 7.98. The minimum absolute atomic E-state index is 0.164. The average molecular weight is 495 g/mol. The van der Waals surface area contributed by atoms with E-state index in [1.54, 1.807) is 24.3 Å². The molecule has 0 bridgehead atoms. The highest BCUT2D eigenvalue weighted by Gasteiger charge is 2.28. The third-order valence-corrected chi connectivity index (χ3v) is 5.38. The third kappa shape index (κ3) is 7.70. The number of alkyl halides is 3. The number of carboxylic acid groups (broad SMARTS) is 1. The van der Waals surface area contributed by atoms with Crippen LogP contribution in [0.1, 0.15) is 48.4 Å². The van der Waals surface area contributed by atoms with Gasteiger partial charge in [0.2, 0.25) is 0 Å². The van der Waals surface area contributed by atoms with Crippen molar-refractivity contribution in [2.24, 2.45) is 0 Å². The summed E-state index contributed by atoms with van der Waals surface area (Å²) in [6.45, 7) is 2.04. The maximum absolute atomic E-state index is 12.4. The summed E-state index contributed by atoms with van der Waals surface area (Å²) in [6.07, 6.45) is -3.10. The summed E-state index contributed by atoms with van der Waals surface area (Å²) >= 11 is 0. The fraction of sp³-hybridized carbons (Fsp3) is 0.172. The summed E-state index contributed by atoms with van der Waals surface area (Å²) in [5.74, 6) is -1.81.